The molecule has 0 spiro atoms. The van der Waals surface area contributed by atoms with Crippen molar-refractivity contribution in [3.05, 3.63) is 53.9 Å². The predicted molar refractivity (Wildman–Crippen MR) is 55.2 cm³/mol. The van der Waals surface area contributed by atoms with Gasteiger partial charge in [0.05, 0.1) is 0 Å². The van der Waals surface area contributed by atoms with Crippen molar-refractivity contribution in [3.63, 3.8) is 0 Å². The summed E-state index contributed by atoms with van der Waals surface area (Å²) in [5.74, 6) is 0. The normalized spacial score (nSPS) is 10.3. The van der Waals surface area contributed by atoms with E-state index < -0.39 is 0 Å². The van der Waals surface area contributed by atoms with Gasteiger partial charge in [0.2, 0.25) is 0 Å². The van der Waals surface area contributed by atoms with Crippen LogP contribution >= 0.6 is 0 Å². The summed E-state index contributed by atoms with van der Waals surface area (Å²) in [6, 6.07) is 10.5. The van der Waals surface area contributed by atoms with Crippen LogP contribution in [0, 0.1) is 13.8 Å². The van der Waals surface area contributed by atoms with Gasteiger partial charge in [0.15, 0.2) is 0 Å². The van der Waals surface area contributed by atoms with Gasteiger partial charge >= 0.3 is 0 Å². The summed E-state index contributed by atoms with van der Waals surface area (Å²) in [6.07, 6.45) is 4.24. The van der Waals surface area contributed by atoms with Crippen LogP contribution in [0.1, 0.15) is 11.1 Å². The van der Waals surface area contributed by atoms with Crippen molar-refractivity contribution < 1.29 is 0 Å². The van der Waals surface area contributed by atoms with Crippen LogP contribution < -0.4 is 0 Å². The first-order valence-electron chi connectivity index (χ1n) is 4.48. The Hall–Kier alpha value is -1.50. The van der Waals surface area contributed by atoms with Crippen LogP contribution in [-0.4, -0.2) is 4.57 Å². The van der Waals surface area contributed by atoms with Gasteiger partial charge in [-0.05, 0) is 37.1 Å². The van der Waals surface area contributed by atoms with Crippen LogP contribution in [0.2, 0.25) is 0 Å². The topological polar surface area (TPSA) is 4.93 Å². The summed E-state index contributed by atoms with van der Waals surface area (Å²) in [6.45, 7) is 4.24. The minimum absolute atomic E-state index is 1.26. The second kappa shape index (κ2) is 3.09. The Kier molecular flexibility index (Phi) is 1.93. The lowest BCUT2D eigenvalue weighted by molar-refractivity contribution is 1.06. The van der Waals surface area contributed by atoms with Crippen molar-refractivity contribution in [3.8, 4) is 5.69 Å². The van der Waals surface area contributed by atoms with Crippen molar-refractivity contribution in [2.24, 2.45) is 0 Å². The third-order valence-corrected chi connectivity index (χ3v) is 2.23. The summed E-state index contributed by atoms with van der Waals surface area (Å²) in [5.41, 5.74) is 3.86. The molecule has 0 aliphatic carbocycles. The molecular weight excluding hydrogens is 158 g/mol. The Bertz CT molecular complexity index is 413. The largest absolute Gasteiger partial charge is 0.323 e. The monoisotopic (exact) mass is 171 g/mol. The fourth-order valence-electron chi connectivity index (χ4n) is 1.51. The van der Waals surface area contributed by atoms with Gasteiger partial charge in [-0.3, -0.25) is 0 Å². The molecule has 1 aromatic heterocycles. The van der Waals surface area contributed by atoms with E-state index in [-0.39, 0.29) is 0 Å². The summed E-state index contributed by atoms with van der Waals surface area (Å²) >= 11 is 0. The lowest BCUT2D eigenvalue weighted by Crippen LogP contribution is -1.92. The molecule has 0 saturated heterocycles. The van der Waals surface area contributed by atoms with Gasteiger partial charge < -0.3 is 4.57 Å². The highest BCUT2D eigenvalue weighted by molar-refractivity contribution is 5.41. The van der Waals surface area contributed by atoms with Crippen LogP contribution in [0.15, 0.2) is 42.7 Å². The highest BCUT2D eigenvalue weighted by Crippen LogP contribution is 2.14. The van der Waals surface area contributed by atoms with Gasteiger partial charge in [-0.1, -0.05) is 18.2 Å². The Balaban J connectivity index is 2.52. The van der Waals surface area contributed by atoms with E-state index in [2.05, 4.69) is 61.1 Å². The summed E-state index contributed by atoms with van der Waals surface area (Å²) in [4.78, 5) is 0. The van der Waals surface area contributed by atoms with E-state index in [1.807, 2.05) is 0 Å². The molecule has 0 atom stereocenters. The minimum atomic E-state index is 1.26. The van der Waals surface area contributed by atoms with Gasteiger partial charge in [-0.25, -0.2) is 0 Å². The third kappa shape index (κ3) is 1.50. The first-order chi connectivity index (χ1) is 6.27. The Morgan fingerprint density at radius 2 is 1.77 bits per heavy atom. The molecule has 1 heteroatoms. The van der Waals surface area contributed by atoms with Gasteiger partial charge in [0.1, 0.15) is 0 Å². The third-order valence-electron chi connectivity index (χ3n) is 2.23. The molecule has 0 bridgehead atoms. The molecule has 0 aliphatic heterocycles. The standard InChI is InChI=1S/C12H13N/c1-10-7-8-13(9-10)12-6-4-3-5-11(12)2/h3-9H,1-2H3. The first kappa shape index (κ1) is 8.11. The molecule has 2 aromatic rings. The number of hydrogen-bond acceptors (Lipinski definition) is 0. The first-order valence-corrected chi connectivity index (χ1v) is 4.48. The maximum Gasteiger partial charge on any atom is 0.0478 e. The molecule has 1 nitrogen and oxygen atoms in total. The van der Waals surface area contributed by atoms with E-state index in [0.717, 1.165) is 0 Å². The molecular formula is C12H13N. The second-order valence-corrected chi connectivity index (χ2v) is 3.38. The van der Waals surface area contributed by atoms with Gasteiger partial charge in [0.25, 0.3) is 0 Å². The number of benzene rings is 1. The van der Waals surface area contributed by atoms with E-state index in [1.165, 1.54) is 16.8 Å². The maximum absolute atomic E-state index is 2.16. The Morgan fingerprint density at radius 3 is 2.38 bits per heavy atom. The summed E-state index contributed by atoms with van der Waals surface area (Å²) in [5, 5.41) is 0. The predicted octanol–water partition coefficient (Wildman–Crippen LogP) is 3.09. The zero-order valence-corrected chi connectivity index (χ0v) is 7.99. The fraction of sp³-hybridized carbons (Fsp3) is 0.167. The molecule has 0 saturated carbocycles. The van der Waals surface area contributed by atoms with Crippen LogP contribution in [-0.2, 0) is 0 Å². The highest BCUT2D eigenvalue weighted by Gasteiger charge is 1.98. The van der Waals surface area contributed by atoms with Gasteiger partial charge in [-0.15, -0.1) is 0 Å². The highest BCUT2D eigenvalue weighted by atomic mass is 14.9. The average Bonchev–Trinajstić information content (AvgIpc) is 2.53. The van der Waals surface area contributed by atoms with E-state index in [0.29, 0.717) is 0 Å². The van der Waals surface area contributed by atoms with Crippen molar-refractivity contribution in [1.29, 1.82) is 0 Å². The fourth-order valence-corrected chi connectivity index (χ4v) is 1.51. The van der Waals surface area contributed by atoms with Crippen molar-refractivity contribution >= 4 is 0 Å². The SMILES string of the molecule is Cc1ccn(-c2ccccc2C)c1. The molecule has 1 aromatic carbocycles. The molecule has 0 radical (unpaired) electrons. The van der Waals surface area contributed by atoms with Crippen LogP contribution in [0.25, 0.3) is 5.69 Å². The molecule has 0 N–H and O–H groups in total. The zero-order chi connectivity index (χ0) is 9.26. The van der Waals surface area contributed by atoms with E-state index >= 15 is 0 Å². The van der Waals surface area contributed by atoms with Crippen LogP contribution in [0.3, 0.4) is 0 Å². The molecule has 13 heavy (non-hydrogen) atoms. The molecule has 0 aliphatic rings. The number of nitrogens with zero attached hydrogens (tertiary/aromatic N) is 1. The number of rotatable bonds is 1. The van der Waals surface area contributed by atoms with Crippen molar-refractivity contribution in [1.82, 2.24) is 4.57 Å². The molecule has 0 amide bonds. The van der Waals surface area contributed by atoms with Crippen molar-refractivity contribution in [2.45, 2.75) is 13.8 Å². The molecule has 2 rings (SSSR count). The van der Waals surface area contributed by atoms with Gasteiger partial charge in [0, 0.05) is 18.1 Å². The number of para-hydroxylation sites is 1. The van der Waals surface area contributed by atoms with E-state index in [1.54, 1.807) is 0 Å². The second-order valence-electron chi connectivity index (χ2n) is 3.38. The number of aryl methyl sites for hydroxylation is 2. The lowest BCUT2D eigenvalue weighted by Gasteiger charge is -2.05. The smallest absolute Gasteiger partial charge is 0.0478 e. The summed E-state index contributed by atoms with van der Waals surface area (Å²) < 4.78 is 2.16. The van der Waals surface area contributed by atoms with Crippen molar-refractivity contribution in [2.75, 3.05) is 0 Å². The molecule has 66 valence electrons. The quantitative estimate of drug-likeness (QED) is 0.621. The summed E-state index contributed by atoms with van der Waals surface area (Å²) in [7, 11) is 0. The average molecular weight is 171 g/mol. The molecule has 1 heterocycles. The zero-order valence-electron chi connectivity index (χ0n) is 7.99. The van der Waals surface area contributed by atoms with Crippen LogP contribution in [0.5, 0.6) is 0 Å². The molecule has 0 unspecified atom stereocenters. The van der Waals surface area contributed by atoms with Gasteiger partial charge in [-0.2, -0.15) is 0 Å². The maximum atomic E-state index is 2.16. The van der Waals surface area contributed by atoms with Crippen LogP contribution in [0.4, 0.5) is 0 Å². The van der Waals surface area contributed by atoms with E-state index in [4.69, 9.17) is 0 Å². The molecule has 0 fully saturated rings. The Morgan fingerprint density at radius 1 is 1.00 bits per heavy atom. The minimum Gasteiger partial charge on any atom is -0.323 e. The van der Waals surface area contributed by atoms with E-state index in [9.17, 15) is 0 Å². The number of hydrogen-bond donors (Lipinski definition) is 0. The number of aromatic nitrogens is 1. The lowest BCUT2D eigenvalue weighted by atomic mass is 10.2. The Labute approximate surface area is 78.6 Å².